The van der Waals surface area contributed by atoms with Crippen LogP contribution in [0.4, 0.5) is 5.69 Å². The smallest absolute Gasteiger partial charge is 0.143 e. The molecule has 82 valence electrons. The Morgan fingerprint density at radius 1 is 1.47 bits per heavy atom. The first-order chi connectivity index (χ1) is 7.35. The van der Waals surface area contributed by atoms with Crippen LogP contribution in [0.15, 0.2) is 24.3 Å². The van der Waals surface area contributed by atoms with E-state index < -0.39 is 0 Å². The van der Waals surface area contributed by atoms with E-state index in [9.17, 15) is 0 Å². The topological polar surface area (TPSA) is 38.5 Å². The maximum atomic E-state index is 5.88. The van der Waals surface area contributed by atoms with E-state index in [-0.39, 0.29) is 6.10 Å². The fourth-order valence-electron chi connectivity index (χ4n) is 2.01. The van der Waals surface area contributed by atoms with E-state index in [0.29, 0.717) is 6.54 Å². The molecule has 0 bridgehead atoms. The average Bonchev–Trinajstić information content (AvgIpc) is 2.28. The lowest BCUT2D eigenvalue weighted by atomic mass is 10.1. The van der Waals surface area contributed by atoms with Crippen molar-refractivity contribution in [3.05, 3.63) is 24.3 Å². The molecule has 3 heteroatoms. The second-order valence-corrected chi connectivity index (χ2v) is 3.82. The second kappa shape index (κ2) is 4.53. The van der Waals surface area contributed by atoms with Crippen LogP contribution >= 0.6 is 0 Å². The molecular weight excluding hydrogens is 188 g/mol. The maximum absolute atomic E-state index is 5.88. The fraction of sp³-hybridized carbons (Fsp3) is 0.500. The van der Waals surface area contributed by atoms with Crippen molar-refractivity contribution in [3.63, 3.8) is 0 Å². The molecule has 1 atom stereocenters. The maximum Gasteiger partial charge on any atom is 0.143 e. The lowest BCUT2D eigenvalue weighted by Gasteiger charge is -2.35. The van der Waals surface area contributed by atoms with Crippen molar-refractivity contribution in [2.45, 2.75) is 19.4 Å². The van der Waals surface area contributed by atoms with Crippen molar-refractivity contribution in [3.8, 4) is 5.75 Å². The van der Waals surface area contributed by atoms with Gasteiger partial charge in [0.25, 0.3) is 0 Å². The highest BCUT2D eigenvalue weighted by Gasteiger charge is 2.23. The van der Waals surface area contributed by atoms with E-state index in [0.717, 1.165) is 25.3 Å². The normalized spacial score (nSPS) is 19.6. The quantitative estimate of drug-likeness (QED) is 0.816. The summed E-state index contributed by atoms with van der Waals surface area (Å²) in [4.78, 5) is 2.35. The van der Waals surface area contributed by atoms with E-state index in [1.54, 1.807) is 0 Å². The van der Waals surface area contributed by atoms with Crippen LogP contribution in [0, 0.1) is 0 Å². The first-order valence-electron chi connectivity index (χ1n) is 5.56. The van der Waals surface area contributed by atoms with Crippen LogP contribution in [0.25, 0.3) is 0 Å². The van der Waals surface area contributed by atoms with Gasteiger partial charge in [-0.2, -0.15) is 0 Å². The SMILES string of the molecule is CCN1CC(CCN)Oc2ccccc21. The van der Waals surface area contributed by atoms with Crippen molar-refractivity contribution in [1.82, 2.24) is 0 Å². The van der Waals surface area contributed by atoms with E-state index >= 15 is 0 Å². The number of ether oxygens (including phenoxy) is 1. The van der Waals surface area contributed by atoms with Crippen molar-refractivity contribution in [1.29, 1.82) is 0 Å². The highest BCUT2D eigenvalue weighted by molar-refractivity contribution is 5.59. The number of hydrogen-bond acceptors (Lipinski definition) is 3. The summed E-state index contributed by atoms with van der Waals surface area (Å²) < 4.78 is 5.88. The predicted molar refractivity (Wildman–Crippen MR) is 62.4 cm³/mol. The van der Waals surface area contributed by atoms with Gasteiger partial charge in [0.15, 0.2) is 0 Å². The van der Waals surface area contributed by atoms with E-state index in [2.05, 4.69) is 17.9 Å². The van der Waals surface area contributed by atoms with Gasteiger partial charge in [0.2, 0.25) is 0 Å². The number of fused-ring (bicyclic) bond motifs is 1. The molecule has 1 aliphatic rings. The highest BCUT2D eigenvalue weighted by atomic mass is 16.5. The van der Waals surface area contributed by atoms with Gasteiger partial charge in [0.1, 0.15) is 11.9 Å². The summed E-state index contributed by atoms with van der Waals surface area (Å²) in [7, 11) is 0. The Bertz CT molecular complexity index is 327. The van der Waals surface area contributed by atoms with Crippen LogP contribution in [0.5, 0.6) is 5.75 Å². The summed E-state index contributed by atoms with van der Waals surface area (Å²) in [6.07, 6.45) is 1.16. The molecule has 1 unspecified atom stereocenters. The van der Waals surface area contributed by atoms with Gasteiger partial charge in [-0.15, -0.1) is 0 Å². The van der Waals surface area contributed by atoms with Gasteiger partial charge in [-0.3, -0.25) is 0 Å². The highest BCUT2D eigenvalue weighted by Crippen LogP contribution is 2.33. The number of anilines is 1. The van der Waals surface area contributed by atoms with Gasteiger partial charge in [-0.05, 0) is 32.0 Å². The molecule has 0 aromatic heterocycles. The standard InChI is InChI=1S/C12H18N2O/c1-2-14-9-10(7-8-13)15-12-6-4-3-5-11(12)14/h3-6,10H,2,7-9,13H2,1H3. The number of benzene rings is 1. The third-order valence-corrected chi connectivity index (χ3v) is 2.79. The summed E-state index contributed by atoms with van der Waals surface area (Å²) in [5.74, 6) is 0.990. The lowest BCUT2D eigenvalue weighted by molar-refractivity contribution is 0.186. The lowest BCUT2D eigenvalue weighted by Crippen LogP contribution is -2.40. The van der Waals surface area contributed by atoms with Crippen LogP contribution in [0.1, 0.15) is 13.3 Å². The van der Waals surface area contributed by atoms with Gasteiger partial charge in [-0.1, -0.05) is 12.1 Å². The third kappa shape index (κ3) is 2.07. The Hall–Kier alpha value is -1.22. The Morgan fingerprint density at radius 2 is 2.27 bits per heavy atom. The molecule has 3 nitrogen and oxygen atoms in total. The molecule has 0 radical (unpaired) electrons. The van der Waals surface area contributed by atoms with Gasteiger partial charge in [-0.25, -0.2) is 0 Å². The van der Waals surface area contributed by atoms with Crippen LogP contribution in [-0.4, -0.2) is 25.7 Å². The largest absolute Gasteiger partial charge is 0.486 e. The first-order valence-corrected chi connectivity index (χ1v) is 5.56. The van der Waals surface area contributed by atoms with Gasteiger partial charge in [0, 0.05) is 6.54 Å². The minimum atomic E-state index is 0.241. The molecule has 0 aliphatic carbocycles. The van der Waals surface area contributed by atoms with Crippen LogP contribution in [-0.2, 0) is 0 Å². The molecular formula is C12H18N2O. The number of hydrogen-bond donors (Lipinski definition) is 1. The number of rotatable bonds is 3. The number of nitrogens with zero attached hydrogens (tertiary/aromatic N) is 1. The predicted octanol–water partition coefficient (Wildman–Crippen LogP) is 1.62. The molecule has 0 amide bonds. The summed E-state index contributed by atoms with van der Waals surface area (Å²) in [5, 5.41) is 0. The second-order valence-electron chi connectivity index (χ2n) is 3.82. The fourth-order valence-corrected chi connectivity index (χ4v) is 2.01. The molecule has 1 aromatic carbocycles. The summed E-state index contributed by atoms with van der Waals surface area (Å²) in [6.45, 7) is 4.82. The molecule has 1 aliphatic heterocycles. The van der Waals surface area contributed by atoms with Gasteiger partial charge >= 0.3 is 0 Å². The molecule has 15 heavy (non-hydrogen) atoms. The van der Waals surface area contributed by atoms with Crippen LogP contribution in [0.3, 0.4) is 0 Å². The average molecular weight is 206 g/mol. The summed E-state index contributed by atoms with van der Waals surface area (Å²) >= 11 is 0. The molecule has 0 saturated carbocycles. The van der Waals surface area contributed by atoms with Crippen molar-refractivity contribution in [2.24, 2.45) is 5.73 Å². The minimum Gasteiger partial charge on any atom is -0.486 e. The first kappa shape index (κ1) is 10.3. The van der Waals surface area contributed by atoms with Crippen LogP contribution in [0.2, 0.25) is 0 Å². The van der Waals surface area contributed by atoms with Gasteiger partial charge in [0.05, 0.1) is 12.2 Å². The minimum absolute atomic E-state index is 0.241. The number of likely N-dealkylation sites (N-methyl/N-ethyl adjacent to an activating group) is 1. The molecule has 2 rings (SSSR count). The molecule has 1 aromatic rings. The Balaban J connectivity index is 2.22. The van der Waals surface area contributed by atoms with Crippen molar-refractivity contribution >= 4 is 5.69 Å². The molecule has 1 heterocycles. The number of nitrogens with two attached hydrogens (primary N) is 1. The Kier molecular flexibility index (Phi) is 3.11. The number of para-hydroxylation sites is 2. The summed E-state index contributed by atoms with van der Waals surface area (Å²) in [6, 6.07) is 8.20. The molecule has 2 N–H and O–H groups in total. The van der Waals surface area contributed by atoms with Crippen molar-refractivity contribution in [2.75, 3.05) is 24.5 Å². The van der Waals surface area contributed by atoms with E-state index in [4.69, 9.17) is 10.5 Å². The molecule has 0 fully saturated rings. The molecule has 0 saturated heterocycles. The zero-order valence-corrected chi connectivity index (χ0v) is 9.15. The third-order valence-electron chi connectivity index (χ3n) is 2.79. The van der Waals surface area contributed by atoms with E-state index in [1.807, 2.05) is 18.2 Å². The Labute approximate surface area is 90.8 Å². The zero-order valence-electron chi connectivity index (χ0n) is 9.15. The van der Waals surface area contributed by atoms with Crippen LogP contribution < -0.4 is 15.4 Å². The monoisotopic (exact) mass is 206 g/mol. The zero-order chi connectivity index (χ0) is 10.7. The Morgan fingerprint density at radius 3 is 3.00 bits per heavy atom. The van der Waals surface area contributed by atoms with E-state index in [1.165, 1.54) is 5.69 Å². The molecule has 0 spiro atoms. The van der Waals surface area contributed by atoms with Gasteiger partial charge < -0.3 is 15.4 Å². The van der Waals surface area contributed by atoms with Crippen molar-refractivity contribution < 1.29 is 4.74 Å². The summed E-state index contributed by atoms with van der Waals surface area (Å²) in [5.41, 5.74) is 6.77.